The average molecular weight is 285 g/mol. The molecule has 3 aromatic rings. The number of ether oxygens (including phenoxy) is 1. The van der Waals surface area contributed by atoms with Crippen LogP contribution in [0.5, 0.6) is 5.75 Å². The lowest BCUT2D eigenvalue weighted by molar-refractivity contribution is 0.416. The monoisotopic (exact) mass is 285 g/mol. The predicted octanol–water partition coefficient (Wildman–Crippen LogP) is 0.962. The summed E-state index contributed by atoms with van der Waals surface area (Å²) < 4.78 is 8.72. The molecule has 0 saturated carbocycles. The number of aryl methyl sites for hydroxylation is 2. The summed E-state index contributed by atoms with van der Waals surface area (Å²) in [5.74, 6) is 1.19. The molecule has 8 heteroatoms. The first-order chi connectivity index (χ1) is 10.1. The van der Waals surface area contributed by atoms with E-state index in [9.17, 15) is 0 Å². The Morgan fingerprint density at radius 3 is 2.76 bits per heavy atom. The topological polar surface area (TPSA) is 96.7 Å². The molecule has 21 heavy (non-hydrogen) atoms. The maximum absolute atomic E-state index is 5.78. The molecular weight excluding hydrogens is 270 g/mol. The normalized spacial score (nSPS) is 10.8. The summed E-state index contributed by atoms with van der Waals surface area (Å²) >= 11 is 0. The number of nitrogens with zero attached hydrogens (tertiary/aromatic N) is 6. The number of benzene rings is 1. The van der Waals surface area contributed by atoms with Crippen LogP contribution >= 0.6 is 0 Å². The lowest BCUT2D eigenvalue weighted by Gasteiger charge is -2.09. The van der Waals surface area contributed by atoms with Crippen LogP contribution in [-0.2, 0) is 7.05 Å². The minimum absolute atomic E-state index is 0.572. The second-order valence-corrected chi connectivity index (χ2v) is 4.65. The van der Waals surface area contributed by atoms with E-state index in [0.29, 0.717) is 17.3 Å². The van der Waals surface area contributed by atoms with Crippen LogP contribution in [0.1, 0.15) is 5.69 Å². The van der Waals surface area contributed by atoms with E-state index in [2.05, 4.69) is 20.6 Å². The number of hydrogen-bond donors (Lipinski definition) is 1. The molecule has 0 atom stereocenters. The summed E-state index contributed by atoms with van der Waals surface area (Å²) in [6.45, 7) is 1.90. The highest BCUT2D eigenvalue weighted by Gasteiger charge is 2.18. The molecule has 0 radical (unpaired) electrons. The van der Waals surface area contributed by atoms with E-state index in [0.717, 1.165) is 16.9 Å². The second-order valence-electron chi connectivity index (χ2n) is 4.65. The number of aromatic nitrogens is 6. The van der Waals surface area contributed by atoms with Gasteiger partial charge in [0.25, 0.3) is 0 Å². The number of methoxy groups -OCH3 is 1. The molecule has 108 valence electrons. The van der Waals surface area contributed by atoms with E-state index in [1.165, 1.54) is 0 Å². The van der Waals surface area contributed by atoms with Gasteiger partial charge in [0.15, 0.2) is 5.82 Å². The van der Waals surface area contributed by atoms with E-state index in [-0.39, 0.29) is 0 Å². The van der Waals surface area contributed by atoms with Crippen LogP contribution in [0.25, 0.3) is 17.1 Å². The Bertz CT molecular complexity index is 790. The molecule has 0 bridgehead atoms. The standard InChI is InChI=1S/C13H15N7O/c1-8-11(7-19(2)16-8)20-13(15-17-18-20)10-5-4-9(14)6-12(10)21-3/h4-7H,14H2,1-3H3. The first-order valence-electron chi connectivity index (χ1n) is 6.33. The number of nitrogen functional groups attached to an aromatic ring is 1. The Morgan fingerprint density at radius 2 is 2.10 bits per heavy atom. The van der Waals surface area contributed by atoms with Crippen LogP contribution < -0.4 is 10.5 Å². The molecule has 0 amide bonds. The Balaban J connectivity index is 2.18. The van der Waals surface area contributed by atoms with Crippen molar-refractivity contribution in [3.8, 4) is 22.8 Å². The van der Waals surface area contributed by atoms with Gasteiger partial charge in [-0.2, -0.15) is 9.78 Å². The molecule has 2 heterocycles. The van der Waals surface area contributed by atoms with E-state index < -0.39 is 0 Å². The van der Waals surface area contributed by atoms with Gasteiger partial charge in [-0.15, -0.1) is 5.10 Å². The molecule has 0 aliphatic heterocycles. The minimum Gasteiger partial charge on any atom is -0.496 e. The van der Waals surface area contributed by atoms with Crippen LogP contribution in [0.4, 0.5) is 5.69 Å². The fraction of sp³-hybridized carbons (Fsp3) is 0.231. The second kappa shape index (κ2) is 4.89. The van der Waals surface area contributed by atoms with Gasteiger partial charge in [-0.05, 0) is 29.5 Å². The lowest BCUT2D eigenvalue weighted by atomic mass is 10.1. The number of hydrogen-bond acceptors (Lipinski definition) is 6. The SMILES string of the molecule is COc1cc(N)ccc1-c1nnnn1-c1cn(C)nc1C. The quantitative estimate of drug-likeness (QED) is 0.720. The molecule has 0 spiro atoms. The third kappa shape index (κ3) is 2.20. The predicted molar refractivity (Wildman–Crippen MR) is 77.1 cm³/mol. The third-order valence-corrected chi connectivity index (χ3v) is 3.15. The highest BCUT2D eigenvalue weighted by molar-refractivity contribution is 5.69. The Morgan fingerprint density at radius 1 is 1.29 bits per heavy atom. The van der Waals surface area contributed by atoms with Crippen molar-refractivity contribution in [2.75, 3.05) is 12.8 Å². The van der Waals surface area contributed by atoms with E-state index in [4.69, 9.17) is 10.5 Å². The molecule has 2 N–H and O–H groups in total. The van der Waals surface area contributed by atoms with E-state index >= 15 is 0 Å². The zero-order valence-electron chi connectivity index (χ0n) is 12.0. The van der Waals surface area contributed by atoms with Crippen LogP contribution in [0.2, 0.25) is 0 Å². The lowest BCUT2D eigenvalue weighted by Crippen LogP contribution is -2.02. The molecule has 3 rings (SSSR count). The molecule has 2 aromatic heterocycles. The van der Waals surface area contributed by atoms with Crippen molar-refractivity contribution in [2.24, 2.45) is 7.05 Å². The highest BCUT2D eigenvalue weighted by Crippen LogP contribution is 2.31. The van der Waals surface area contributed by atoms with Crippen LogP contribution in [-0.4, -0.2) is 37.1 Å². The molecule has 1 aromatic carbocycles. The zero-order chi connectivity index (χ0) is 15.0. The van der Waals surface area contributed by atoms with Crippen molar-refractivity contribution < 1.29 is 4.74 Å². The summed E-state index contributed by atoms with van der Waals surface area (Å²) in [6, 6.07) is 5.36. The fourth-order valence-electron chi connectivity index (χ4n) is 2.20. The molecule has 0 aliphatic rings. The summed E-state index contributed by atoms with van der Waals surface area (Å²) in [7, 11) is 3.44. The zero-order valence-corrected chi connectivity index (χ0v) is 12.0. The van der Waals surface area contributed by atoms with Gasteiger partial charge in [0.1, 0.15) is 11.4 Å². The summed E-state index contributed by atoms with van der Waals surface area (Å²) in [4.78, 5) is 0. The molecule has 0 saturated heterocycles. The average Bonchev–Trinajstić information content (AvgIpc) is 3.04. The van der Waals surface area contributed by atoms with Crippen molar-refractivity contribution in [3.63, 3.8) is 0 Å². The van der Waals surface area contributed by atoms with Crippen LogP contribution in [0.15, 0.2) is 24.4 Å². The number of nitrogens with two attached hydrogens (primary N) is 1. The van der Waals surface area contributed by atoms with Gasteiger partial charge >= 0.3 is 0 Å². The van der Waals surface area contributed by atoms with Gasteiger partial charge in [-0.25, -0.2) is 0 Å². The molecule has 8 nitrogen and oxygen atoms in total. The van der Waals surface area contributed by atoms with Crippen molar-refractivity contribution in [3.05, 3.63) is 30.1 Å². The van der Waals surface area contributed by atoms with Gasteiger partial charge in [-0.3, -0.25) is 4.68 Å². The van der Waals surface area contributed by atoms with Crippen molar-refractivity contribution >= 4 is 5.69 Å². The van der Waals surface area contributed by atoms with Crippen LogP contribution in [0, 0.1) is 6.92 Å². The van der Waals surface area contributed by atoms with Gasteiger partial charge in [0.05, 0.1) is 24.6 Å². The largest absolute Gasteiger partial charge is 0.496 e. The fourth-order valence-corrected chi connectivity index (χ4v) is 2.20. The van der Waals surface area contributed by atoms with Gasteiger partial charge < -0.3 is 10.5 Å². The number of tetrazole rings is 1. The maximum atomic E-state index is 5.78. The molecule has 0 aliphatic carbocycles. The Hall–Kier alpha value is -2.90. The first kappa shape index (κ1) is 13.1. The summed E-state index contributed by atoms with van der Waals surface area (Å²) in [6.07, 6.45) is 1.86. The molecule has 0 fully saturated rings. The highest BCUT2D eigenvalue weighted by atomic mass is 16.5. The number of anilines is 1. The maximum Gasteiger partial charge on any atom is 0.190 e. The van der Waals surface area contributed by atoms with Gasteiger partial charge in [0, 0.05) is 18.8 Å². The number of rotatable bonds is 3. The van der Waals surface area contributed by atoms with Crippen molar-refractivity contribution in [2.45, 2.75) is 6.92 Å². The van der Waals surface area contributed by atoms with Crippen molar-refractivity contribution in [1.29, 1.82) is 0 Å². The minimum atomic E-state index is 0.572. The van der Waals surface area contributed by atoms with E-state index in [1.807, 2.05) is 26.2 Å². The van der Waals surface area contributed by atoms with E-state index in [1.54, 1.807) is 28.6 Å². The summed E-state index contributed by atoms with van der Waals surface area (Å²) in [5, 5.41) is 16.2. The third-order valence-electron chi connectivity index (χ3n) is 3.15. The molecular formula is C13H15N7O. The molecule has 0 unspecified atom stereocenters. The first-order valence-corrected chi connectivity index (χ1v) is 6.33. The van der Waals surface area contributed by atoms with Gasteiger partial charge in [0.2, 0.25) is 0 Å². The summed E-state index contributed by atoms with van der Waals surface area (Å²) in [5.41, 5.74) is 8.81. The smallest absolute Gasteiger partial charge is 0.190 e. The van der Waals surface area contributed by atoms with Crippen molar-refractivity contribution in [1.82, 2.24) is 30.0 Å². The van der Waals surface area contributed by atoms with Crippen LogP contribution in [0.3, 0.4) is 0 Å². The Kier molecular flexibility index (Phi) is 3.05. The van der Waals surface area contributed by atoms with Gasteiger partial charge in [-0.1, -0.05) is 0 Å². The Labute approximate surface area is 121 Å².